The first-order valence-corrected chi connectivity index (χ1v) is 11.6. The minimum Gasteiger partial charge on any atom is -0.545 e. The number of carbonyl (C=O) groups excluding carboxylic acids is 1. The lowest BCUT2D eigenvalue weighted by Gasteiger charge is -2.38. The van der Waals surface area contributed by atoms with E-state index in [9.17, 15) is 41.0 Å². The highest BCUT2D eigenvalue weighted by Crippen LogP contribution is 2.30. The molecule has 1 fully saturated rings. The van der Waals surface area contributed by atoms with Crippen molar-refractivity contribution in [3.8, 4) is 0 Å². The minimum atomic E-state index is -4.70. The molecular formula is C23H25Cl2F6N3O4. The van der Waals surface area contributed by atoms with Crippen molar-refractivity contribution in [2.45, 2.75) is 70.4 Å². The molecule has 0 bridgehead atoms. The predicted molar refractivity (Wildman–Crippen MR) is 124 cm³/mol. The van der Waals surface area contributed by atoms with Gasteiger partial charge < -0.3 is 20.3 Å². The molecule has 0 spiro atoms. The van der Waals surface area contributed by atoms with Crippen LogP contribution in [0.1, 0.15) is 79.1 Å². The Morgan fingerprint density at radius 1 is 0.868 bits per heavy atom. The lowest BCUT2D eigenvalue weighted by Crippen LogP contribution is -3.04. The maximum Gasteiger partial charge on any atom is 0.433 e. The summed E-state index contributed by atoms with van der Waals surface area (Å²) >= 11 is 10.6. The summed E-state index contributed by atoms with van der Waals surface area (Å²) in [6, 6.07) is 0.725. The molecule has 38 heavy (non-hydrogen) atoms. The number of quaternary nitrogens is 1. The van der Waals surface area contributed by atoms with Gasteiger partial charge in [0, 0.05) is 30.8 Å². The molecule has 1 aliphatic rings. The highest BCUT2D eigenvalue weighted by atomic mass is 35.5. The number of nitrogens with zero attached hydrogens (tertiary/aromatic N) is 2. The molecule has 0 unspecified atom stereocenters. The van der Waals surface area contributed by atoms with Gasteiger partial charge in [0.2, 0.25) is 0 Å². The Kier molecular flexibility index (Phi) is 11.0. The summed E-state index contributed by atoms with van der Waals surface area (Å²) in [6.07, 6.45) is -3.95. The van der Waals surface area contributed by atoms with E-state index < -0.39 is 51.8 Å². The molecule has 0 amide bonds. The zero-order valence-electron chi connectivity index (χ0n) is 20.6. The molecule has 0 saturated carbocycles. The SMILES string of the molecule is CC1(C)CCCC(C)(C)[NH2+]1.O=C(O)c1cc(C(F)(F)F)ncc1Cl.O=C([O-])c1cc(C(F)(F)F)ncc1Cl. The molecule has 3 heterocycles. The average molecular weight is 592 g/mol. The van der Waals surface area contributed by atoms with Crippen molar-refractivity contribution in [3.05, 3.63) is 57.1 Å². The Morgan fingerprint density at radius 3 is 1.53 bits per heavy atom. The quantitative estimate of drug-likeness (QED) is 0.481. The van der Waals surface area contributed by atoms with E-state index in [1.807, 2.05) is 0 Å². The number of aromatic nitrogens is 2. The number of piperidine rings is 1. The van der Waals surface area contributed by atoms with Crippen LogP contribution in [-0.4, -0.2) is 38.1 Å². The first-order valence-electron chi connectivity index (χ1n) is 10.8. The lowest BCUT2D eigenvalue weighted by atomic mass is 9.83. The van der Waals surface area contributed by atoms with Crippen molar-refractivity contribution in [2.24, 2.45) is 0 Å². The highest BCUT2D eigenvalue weighted by Gasteiger charge is 2.36. The molecule has 0 atom stereocenters. The van der Waals surface area contributed by atoms with Gasteiger partial charge in [-0.1, -0.05) is 23.2 Å². The van der Waals surface area contributed by atoms with Crippen LogP contribution < -0.4 is 10.4 Å². The van der Waals surface area contributed by atoms with Gasteiger partial charge >= 0.3 is 18.3 Å². The third-order valence-corrected chi connectivity index (χ3v) is 5.77. The number of carboxylic acids is 2. The lowest BCUT2D eigenvalue weighted by molar-refractivity contribution is -0.787. The van der Waals surface area contributed by atoms with Crippen molar-refractivity contribution in [3.63, 3.8) is 0 Å². The number of aromatic carboxylic acids is 2. The number of nitrogens with two attached hydrogens (primary N) is 1. The zero-order chi connectivity index (χ0) is 29.7. The Labute approximate surface area is 224 Å². The maximum absolute atomic E-state index is 12.1. The van der Waals surface area contributed by atoms with Gasteiger partial charge in [-0.15, -0.1) is 0 Å². The van der Waals surface area contributed by atoms with E-state index in [0.717, 1.165) is 0 Å². The largest absolute Gasteiger partial charge is 0.545 e. The van der Waals surface area contributed by atoms with Gasteiger partial charge in [-0.25, -0.2) is 4.79 Å². The Morgan fingerprint density at radius 2 is 1.24 bits per heavy atom. The molecule has 3 rings (SSSR count). The molecule has 7 nitrogen and oxygen atoms in total. The van der Waals surface area contributed by atoms with E-state index in [0.29, 0.717) is 35.6 Å². The molecule has 1 aliphatic heterocycles. The summed E-state index contributed by atoms with van der Waals surface area (Å²) in [5.74, 6) is -3.30. The predicted octanol–water partition coefficient (Wildman–Crippen LogP) is 4.86. The number of hydrogen-bond acceptors (Lipinski definition) is 5. The summed E-state index contributed by atoms with van der Waals surface area (Å²) in [4.78, 5) is 26.6. The third-order valence-electron chi connectivity index (χ3n) is 5.17. The summed E-state index contributed by atoms with van der Waals surface area (Å²) < 4.78 is 72.3. The summed E-state index contributed by atoms with van der Waals surface area (Å²) in [7, 11) is 0. The second-order valence-electron chi connectivity index (χ2n) is 9.66. The van der Waals surface area contributed by atoms with Crippen molar-refractivity contribution in [1.29, 1.82) is 0 Å². The van der Waals surface area contributed by atoms with Crippen LogP contribution in [0.25, 0.3) is 0 Å². The molecule has 2 aromatic heterocycles. The molecule has 0 aromatic carbocycles. The van der Waals surface area contributed by atoms with E-state index in [2.05, 4.69) is 43.0 Å². The number of halogens is 8. The Bertz CT molecular complexity index is 1070. The van der Waals surface area contributed by atoms with Crippen LogP contribution >= 0.6 is 23.2 Å². The molecule has 212 valence electrons. The number of rotatable bonds is 2. The normalized spacial score (nSPS) is 16.3. The first kappa shape index (κ1) is 33.4. The Balaban J connectivity index is 0.000000290. The van der Waals surface area contributed by atoms with E-state index in [4.69, 9.17) is 28.3 Å². The molecule has 1 saturated heterocycles. The fourth-order valence-corrected chi connectivity index (χ4v) is 4.07. The van der Waals surface area contributed by atoms with Gasteiger partial charge in [-0.3, -0.25) is 9.97 Å². The third kappa shape index (κ3) is 10.6. The number of pyridine rings is 2. The second kappa shape index (κ2) is 12.5. The second-order valence-corrected chi connectivity index (χ2v) is 10.5. The van der Waals surface area contributed by atoms with E-state index in [1.54, 1.807) is 0 Å². The molecule has 2 aromatic rings. The van der Waals surface area contributed by atoms with Gasteiger partial charge in [0.05, 0.1) is 32.7 Å². The fourth-order valence-electron chi connectivity index (χ4n) is 3.71. The van der Waals surface area contributed by atoms with E-state index >= 15 is 0 Å². The van der Waals surface area contributed by atoms with Gasteiger partial charge in [0.1, 0.15) is 11.4 Å². The minimum absolute atomic E-state index is 0.328. The summed E-state index contributed by atoms with van der Waals surface area (Å²) in [5.41, 5.74) is -2.97. The van der Waals surface area contributed by atoms with E-state index in [-0.39, 0.29) is 5.02 Å². The number of alkyl halides is 6. The van der Waals surface area contributed by atoms with Gasteiger partial charge in [-0.05, 0) is 46.2 Å². The number of carbonyl (C=O) groups is 2. The van der Waals surface area contributed by atoms with E-state index in [1.165, 1.54) is 19.3 Å². The van der Waals surface area contributed by atoms with Crippen LogP contribution in [0.2, 0.25) is 10.0 Å². The molecular weight excluding hydrogens is 567 g/mol. The van der Waals surface area contributed by atoms with Crippen LogP contribution in [0.3, 0.4) is 0 Å². The fraction of sp³-hybridized carbons (Fsp3) is 0.478. The van der Waals surface area contributed by atoms with Crippen LogP contribution in [-0.2, 0) is 12.4 Å². The van der Waals surface area contributed by atoms with Crippen molar-refractivity contribution >= 4 is 35.1 Å². The monoisotopic (exact) mass is 591 g/mol. The van der Waals surface area contributed by atoms with Crippen LogP contribution in [0.4, 0.5) is 26.3 Å². The Hall–Kier alpha value is -2.64. The molecule has 15 heteroatoms. The number of hydrogen-bond donors (Lipinski definition) is 2. The number of carboxylic acid groups (broad SMARTS) is 2. The van der Waals surface area contributed by atoms with Crippen molar-refractivity contribution in [1.82, 2.24) is 9.97 Å². The highest BCUT2D eigenvalue weighted by molar-refractivity contribution is 6.33. The van der Waals surface area contributed by atoms with Crippen molar-refractivity contribution in [2.75, 3.05) is 0 Å². The first-order chi connectivity index (χ1) is 17.1. The van der Waals surface area contributed by atoms with Gasteiger partial charge in [0.25, 0.3) is 0 Å². The van der Waals surface area contributed by atoms with Gasteiger partial charge in [-0.2, -0.15) is 26.3 Å². The summed E-state index contributed by atoms with van der Waals surface area (Å²) in [5, 5.41) is 20.6. The standard InChI is InChI=1S/C9H19N.2C7H3ClF3NO2/c1-8(2)6-5-7-9(3,4)10-8;2*8-4-2-12-5(7(9,10)11)1-3(4)6(13)14/h10H,5-7H2,1-4H3;2*1-2H,(H,13,14). The van der Waals surface area contributed by atoms with Crippen LogP contribution in [0.5, 0.6) is 0 Å². The molecule has 3 N–H and O–H groups in total. The van der Waals surface area contributed by atoms with Crippen LogP contribution in [0.15, 0.2) is 24.5 Å². The smallest absolute Gasteiger partial charge is 0.433 e. The molecule has 0 aliphatic carbocycles. The molecule has 0 radical (unpaired) electrons. The zero-order valence-corrected chi connectivity index (χ0v) is 22.1. The maximum atomic E-state index is 12.1. The topological polar surface area (TPSA) is 120 Å². The average Bonchev–Trinajstić information content (AvgIpc) is 2.71. The summed E-state index contributed by atoms with van der Waals surface area (Å²) in [6.45, 7) is 9.36. The van der Waals surface area contributed by atoms with Gasteiger partial charge in [0.15, 0.2) is 0 Å². The van der Waals surface area contributed by atoms with Crippen molar-refractivity contribution < 1.29 is 51.5 Å². The van der Waals surface area contributed by atoms with Crippen LogP contribution in [0, 0.1) is 0 Å².